The van der Waals surface area contributed by atoms with Crippen LogP contribution in [0.3, 0.4) is 0 Å². The Morgan fingerprint density at radius 2 is 2.21 bits per heavy atom. The molecule has 0 aliphatic rings. The first-order valence-corrected chi connectivity index (χ1v) is 4.76. The van der Waals surface area contributed by atoms with Crippen LogP contribution in [0.15, 0.2) is 18.3 Å². The van der Waals surface area contributed by atoms with Crippen LogP contribution in [0, 0.1) is 6.92 Å². The van der Waals surface area contributed by atoms with E-state index in [0.717, 1.165) is 17.9 Å². The van der Waals surface area contributed by atoms with E-state index in [4.69, 9.17) is 4.74 Å². The van der Waals surface area contributed by atoms with Gasteiger partial charge in [0.1, 0.15) is 0 Å². The lowest BCUT2D eigenvalue weighted by Gasteiger charge is -2.24. The quantitative estimate of drug-likeness (QED) is 0.798. The minimum atomic E-state index is -0.151. The van der Waals surface area contributed by atoms with Crippen LogP contribution in [0.5, 0.6) is 0 Å². The third-order valence-corrected chi connectivity index (χ3v) is 2.26. The number of pyridine rings is 1. The maximum atomic E-state index is 5.32. The molecule has 0 unspecified atom stereocenters. The minimum absolute atomic E-state index is 0.151. The molecule has 0 amide bonds. The minimum Gasteiger partial charge on any atom is -0.381 e. The summed E-state index contributed by atoms with van der Waals surface area (Å²) < 4.78 is 5.32. The van der Waals surface area contributed by atoms with E-state index in [1.807, 2.05) is 32.9 Å². The fourth-order valence-corrected chi connectivity index (χ4v) is 1.05. The summed E-state index contributed by atoms with van der Waals surface area (Å²) in [5, 5.41) is 3.32. The van der Waals surface area contributed by atoms with E-state index in [2.05, 4.69) is 10.3 Å². The molecule has 14 heavy (non-hydrogen) atoms. The highest BCUT2D eigenvalue weighted by molar-refractivity contribution is 5.46. The third kappa shape index (κ3) is 3.00. The monoisotopic (exact) mass is 194 g/mol. The molecule has 0 saturated carbocycles. The number of nitrogens with one attached hydrogen (secondary N) is 1. The Morgan fingerprint density at radius 3 is 2.79 bits per heavy atom. The molecule has 1 aromatic rings. The van der Waals surface area contributed by atoms with Crippen molar-refractivity contribution in [3.05, 3.63) is 24.0 Å². The first-order valence-electron chi connectivity index (χ1n) is 4.76. The van der Waals surface area contributed by atoms with E-state index in [1.54, 1.807) is 13.3 Å². The van der Waals surface area contributed by atoms with Crippen LogP contribution in [0.2, 0.25) is 0 Å². The second kappa shape index (κ2) is 4.42. The Balaban J connectivity index is 2.58. The van der Waals surface area contributed by atoms with Gasteiger partial charge in [0, 0.05) is 19.9 Å². The first-order chi connectivity index (χ1) is 6.55. The highest BCUT2D eigenvalue weighted by Gasteiger charge is 2.15. The average Bonchev–Trinajstić information content (AvgIpc) is 2.17. The molecule has 0 aliphatic carbocycles. The summed E-state index contributed by atoms with van der Waals surface area (Å²) in [7, 11) is 1.72. The SMILES string of the molecule is COC(C)(C)CNc1cccnc1C. The van der Waals surface area contributed by atoms with Crippen LogP contribution in [0.25, 0.3) is 0 Å². The number of nitrogens with zero attached hydrogens (tertiary/aromatic N) is 1. The van der Waals surface area contributed by atoms with Gasteiger partial charge in [0.25, 0.3) is 0 Å². The lowest BCUT2D eigenvalue weighted by molar-refractivity contribution is 0.0343. The molecule has 0 radical (unpaired) electrons. The Labute approximate surface area is 85.5 Å². The Kier molecular flexibility index (Phi) is 3.47. The average molecular weight is 194 g/mol. The summed E-state index contributed by atoms with van der Waals surface area (Å²) in [5.41, 5.74) is 1.93. The van der Waals surface area contributed by atoms with Crippen molar-refractivity contribution < 1.29 is 4.74 Å². The van der Waals surface area contributed by atoms with Gasteiger partial charge in [0.2, 0.25) is 0 Å². The molecule has 0 saturated heterocycles. The molecule has 1 N–H and O–H groups in total. The van der Waals surface area contributed by atoms with Gasteiger partial charge in [0.05, 0.1) is 17.0 Å². The maximum Gasteiger partial charge on any atom is 0.0794 e. The smallest absolute Gasteiger partial charge is 0.0794 e. The van der Waals surface area contributed by atoms with Crippen molar-refractivity contribution >= 4 is 5.69 Å². The number of anilines is 1. The zero-order chi connectivity index (χ0) is 10.6. The second-order valence-corrected chi connectivity index (χ2v) is 3.95. The molecule has 0 spiro atoms. The van der Waals surface area contributed by atoms with E-state index < -0.39 is 0 Å². The van der Waals surface area contributed by atoms with Crippen LogP contribution in [0.1, 0.15) is 19.5 Å². The van der Waals surface area contributed by atoms with Gasteiger partial charge in [0.15, 0.2) is 0 Å². The molecule has 0 aliphatic heterocycles. The van der Waals surface area contributed by atoms with Gasteiger partial charge >= 0.3 is 0 Å². The molecule has 78 valence electrons. The van der Waals surface area contributed by atoms with E-state index in [0.29, 0.717) is 0 Å². The Hall–Kier alpha value is -1.09. The maximum absolute atomic E-state index is 5.32. The van der Waals surface area contributed by atoms with Crippen molar-refractivity contribution in [2.75, 3.05) is 19.0 Å². The van der Waals surface area contributed by atoms with Crippen LogP contribution < -0.4 is 5.32 Å². The summed E-state index contributed by atoms with van der Waals surface area (Å²) in [4.78, 5) is 4.20. The third-order valence-electron chi connectivity index (χ3n) is 2.26. The molecule has 3 nitrogen and oxygen atoms in total. The van der Waals surface area contributed by atoms with Crippen molar-refractivity contribution in [2.45, 2.75) is 26.4 Å². The molecule has 1 heterocycles. The summed E-state index contributed by atoms with van der Waals surface area (Å²) >= 11 is 0. The topological polar surface area (TPSA) is 34.1 Å². The first kappa shape index (κ1) is 11.0. The highest BCUT2D eigenvalue weighted by atomic mass is 16.5. The van der Waals surface area contributed by atoms with Crippen molar-refractivity contribution in [1.82, 2.24) is 4.98 Å². The standard InChI is InChI=1S/C11H18N2O/c1-9-10(6-5-7-12-9)13-8-11(2,3)14-4/h5-7,13H,8H2,1-4H3. The van der Waals surface area contributed by atoms with Gasteiger partial charge in [-0.3, -0.25) is 4.98 Å². The largest absolute Gasteiger partial charge is 0.381 e. The molecule has 1 rings (SSSR count). The zero-order valence-electron chi connectivity index (χ0n) is 9.29. The van der Waals surface area contributed by atoms with Crippen LogP contribution >= 0.6 is 0 Å². The Bertz CT molecular complexity index is 297. The summed E-state index contributed by atoms with van der Waals surface area (Å²) in [6.45, 7) is 6.86. The van der Waals surface area contributed by atoms with Crippen LogP contribution in [0.4, 0.5) is 5.69 Å². The molecule has 0 aromatic carbocycles. The van der Waals surface area contributed by atoms with Gasteiger partial charge < -0.3 is 10.1 Å². The number of hydrogen-bond acceptors (Lipinski definition) is 3. The number of aromatic nitrogens is 1. The molecule has 1 aromatic heterocycles. The van der Waals surface area contributed by atoms with Gasteiger partial charge in [-0.05, 0) is 32.9 Å². The van der Waals surface area contributed by atoms with Crippen LogP contribution in [-0.4, -0.2) is 24.2 Å². The van der Waals surface area contributed by atoms with E-state index in [1.165, 1.54) is 0 Å². The normalized spacial score (nSPS) is 11.4. The summed E-state index contributed by atoms with van der Waals surface area (Å²) in [6.07, 6.45) is 1.79. The van der Waals surface area contributed by atoms with Crippen molar-refractivity contribution in [3.63, 3.8) is 0 Å². The Morgan fingerprint density at radius 1 is 1.50 bits per heavy atom. The number of hydrogen-bond donors (Lipinski definition) is 1. The van der Waals surface area contributed by atoms with Gasteiger partial charge in [-0.25, -0.2) is 0 Å². The fraction of sp³-hybridized carbons (Fsp3) is 0.545. The summed E-state index contributed by atoms with van der Waals surface area (Å²) in [5.74, 6) is 0. The molecular formula is C11H18N2O. The van der Waals surface area contributed by atoms with Gasteiger partial charge in [-0.15, -0.1) is 0 Å². The van der Waals surface area contributed by atoms with Crippen molar-refractivity contribution in [1.29, 1.82) is 0 Å². The van der Waals surface area contributed by atoms with Crippen LogP contribution in [-0.2, 0) is 4.74 Å². The number of methoxy groups -OCH3 is 1. The number of ether oxygens (including phenoxy) is 1. The molecular weight excluding hydrogens is 176 g/mol. The summed E-state index contributed by atoms with van der Waals surface area (Å²) in [6, 6.07) is 3.95. The zero-order valence-corrected chi connectivity index (χ0v) is 9.29. The molecule has 0 fully saturated rings. The number of rotatable bonds is 4. The van der Waals surface area contributed by atoms with Gasteiger partial charge in [-0.2, -0.15) is 0 Å². The number of aryl methyl sites for hydroxylation is 1. The molecule has 0 atom stereocenters. The van der Waals surface area contributed by atoms with E-state index in [-0.39, 0.29) is 5.60 Å². The fourth-order valence-electron chi connectivity index (χ4n) is 1.05. The van der Waals surface area contributed by atoms with Crippen molar-refractivity contribution in [2.24, 2.45) is 0 Å². The predicted octanol–water partition coefficient (Wildman–Crippen LogP) is 2.23. The lowest BCUT2D eigenvalue weighted by Crippen LogP contribution is -2.32. The highest BCUT2D eigenvalue weighted by Crippen LogP contribution is 2.13. The predicted molar refractivity (Wildman–Crippen MR) is 58.6 cm³/mol. The lowest BCUT2D eigenvalue weighted by atomic mass is 10.1. The van der Waals surface area contributed by atoms with E-state index in [9.17, 15) is 0 Å². The van der Waals surface area contributed by atoms with Gasteiger partial charge in [-0.1, -0.05) is 0 Å². The molecule has 3 heteroatoms. The molecule has 0 bridgehead atoms. The van der Waals surface area contributed by atoms with Crippen molar-refractivity contribution in [3.8, 4) is 0 Å². The second-order valence-electron chi connectivity index (χ2n) is 3.95. The van der Waals surface area contributed by atoms with E-state index >= 15 is 0 Å².